The van der Waals surface area contributed by atoms with Gasteiger partial charge in [-0.15, -0.1) is 0 Å². The number of aryl methyl sites for hydroxylation is 1. The fourth-order valence-corrected chi connectivity index (χ4v) is 6.13. The molecule has 10 nitrogen and oxygen atoms in total. The van der Waals surface area contributed by atoms with Crippen LogP contribution in [-0.4, -0.2) is 48.3 Å². The van der Waals surface area contributed by atoms with Gasteiger partial charge in [0.25, 0.3) is 10.0 Å². The molecule has 1 aliphatic heterocycles. The molecule has 11 heteroatoms. The van der Waals surface area contributed by atoms with E-state index in [9.17, 15) is 13.5 Å². The van der Waals surface area contributed by atoms with Gasteiger partial charge < -0.3 is 14.9 Å². The summed E-state index contributed by atoms with van der Waals surface area (Å²) in [5, 5.41) is 17.6. The Kier molecular flexibility index (Phi) is 9.83. The zero-order chi connectivity index (χ0) is 29.4. The first-order chi connectivity index (χ1) is 20.4. The van der Waals surface area contributed by atoms with Crippen LogP contribution in [0.15, 0.2) is 76.4 Å². The first-order valence-corrected chi connectivity index (χ1v) is 16.0. The Morgan fingerprint density at radius 1 is 1.07 bits per heavy atom. The maximum Gasteiger partial charge on any atom is 0.328 e. The van der Waals surface area contributed by atoms with Crippen LogP contribution in [0, 0.1) is 0 Å². The molecule has 1 atom stereocenters. The maximum absolute atomic E-state index is 13.2. The highest BCUT2D eigenvalue weighted by molar-refractivity contribution is 7.92. The molecule has 0 spiro atoms. The predicted octanol–water partition coefficient (Wildman–Crippen LogP) is 4.95. The molecule has 0 aliphatic carbocycles. The number of hydrogen-bond donors (Lipinski definition) is 3. The van der Waals surface area contributed by atoms with Gasteiger partial charge in [0.05, 0.1) is 11.0 Å². The SMILES string of the molecule is CCCCCCc1noc(N2CCc3cc(S(=O)(=O)Nc4ccc(CCNCC(O)c5cccnc5)cc4)ccc32)n1. The molecule has 0 saturated carbocycles. The Hall–Kier alpha value is -3.80. The van der Waals surface area contributed by atoms with Gasteiger partial charge in [-0.05, 0) is 73.3 Å². The van der Waals surface area contributed by atoms with Crippen LogP contribution in [0.2, 0.25) is 0 Å². The van der Waals surface area contributed by atoms with Gasteiger partial charge in [0.1, 0.15) is 0 Å². The third-order valence-corrected chi connectivity index (χ3v) is 8.78. The van der Waals surface area contributed by atoms with Crippen LogP contribution in [0.1, 0.15) is 61.2 Å². The fraction of sp³-hybridized carbons (Fsp3) is 0.387. The number of fused-ring (bicyclic) bond motifs is 1. The number of pyridine rings is 1. The van der Waals surface area contributed by atoms with E-state index >= 15 is 0 Å². The van der Waals surface area contributed by atoms with Crippen LogP contribution < -0.4 is 14.9 Å². The summed E-state index contributed by atoms with van der Waals surface area (Å²) < 4.78 is 34.6. The van der Waals surface area contributed by atoms with Gasteiger partial charge in [-0.2, -0.15) is 4.98 Å². The molecule has 5 rings (SSSR count). The van der Waals surface area contributed by atoms with E-state index in [1.165, 1.54) is 12.8 Å². The van der Waals surface area contributed by atoms with E-state index in [1.54, 1.807) is 42.7 Å². The van der Waals surface area contributed by atoms with E-state index in [0.717, 1.165) is 48.1 Å². The summed E-state index contributed by atoms with van der Waals surface area (Å²) >= 11 is 0. The molecule has 0 fully saturated rings. The average molecular weight is 591 g/mol. The van der Waals surface area contributed by atoms with Crippen LogP contribution in [0.25, 0.3) is 0 Å². The van der Waals surface area contributed by atoms with Gasteiger partial charge in [-0.3, -0.25) is 14.6 Å². The summed E-state index contributed by atoms with van der Waals surface area (Å²) in [6.07, 6.45) is 9.52. The van der Waals surface area contributed by atoms with Gasteiger partial charge >= 0.3 is 6.01 Å². The minimum Gasteiger partial charge on any atom is -0.387 e. The summed E-state index contributed by atoms with van der Waals surface area (Å²) in [5.41, 5.74) is 4.15. The van der Waals surface area contributed by atoms with Crippen molar-refractivity contribution in [2.45, 2.75) is 62.9 Å². The highest BCUT2D eigenvalue weighted by atomic mass is 32.2. The first-order valence-electron chi connectivity index (χ1n) is 14.6. The Bertz CT molecular complexity index is 1540. The van der Waals surface area contributed by atoms with Crippen molar-refractivity contribution in [3.05, 3.63) is 89.5 Å². The minimum atomic E-state index is -3.76. The Balaban J connectivity index is 1.13. The number of anilines is 3. The lowest BCUT2D eigenvalue weighted by atomic mass is 10.1. The molecule has 42 heavy (non-hydrogen) atoms. The van der Waals surface area contributed by atoms with Crippen LogP contribution in [-0.2, 0) is 29.3 Å². The molecule has 1 unspecified atom stereocenters. The Labute approximate surface area is 247 Å². The average Bonchev–Trinajstić information content (AvgIpc) is 3.65. The normalized spacial score (nSPS) is 13.7. The lowest BCUT2D eigenvalue weighted by Gasteiger charge is -2.14. The molecule has 0 amide bonds. The molecule has 4 aromatic rings. The maximum atomic E-state index is 13.2. The summed E-state index contributed by atoms with van der Waals surface area (Å²) in [7, 11) is -3.76. The number of sulfonamides is 1. The molecular formula is C31H38N6O4S. The van der Waals surface area contributed by atoms with Gasteiger partial charge in [0.15, 0.2) is 5.82 Å². The van der Waals surface area contributed by atoms with E-state index in [1.807, 2.05) is 29.2 Å². The number of benzene rings is 2. The number of aliphatic hydroxyl groups excluding tert-OH is 1. The summed E-state index contributed by atoms with van der Waals surface area (Å²) in [6, 6.07) is 16.6. The Morgan fingerprint density at radius 3 is 2.71 bits per heavy atom. The van der Waals surface area contributed by atoms with Gasteiger partial charge in [-0.25, -0.2) is 8.42 Å². The molecule has 2 aromatic carbocycles. The standard InChI is InChI=1S/C31H38N6O4S/c1-2-3-4-5-8-30-34-31(41-35-30)37-19-16-24-20-27(13-14-28(24)37)42(39,40)36-26-11-9-23(10-12-26)15-18-33-22-29(38)25-7-6-17-32-21-25/h6-7,9-14,17,20-21,29,33,36,38H,2-5,8,15-16,18-19,22H2,1H3. The molecule has 2 aromatic heterocycles. The van der Waals surface area contributed by atoms with Crippen molar-refractivity contribution in [1.29, 1.82) is 0 Å². The quantitative estimate of drug-likeness (QED) is 0.165. The van der Waals surface area contributed by atoms with Crippen LogP contribution in [0.5, 0.6) is 0 Å². The number of nitrogens with one attached hydrogen (secondary N) is 2. The van der Waals surface area contributed by atoms with Crippen LogP contribution >= 0.6 is 0 Å². The van der Waals surface area contributed by atoms with E-state index in [2.05, 4.69) is 32.1 Å². The lowest BCUT2D eigenvalue weighted by molar-refractivity contribution is 0.174. The first kappa shape index (κ1) is 29.7. The number of rotatable bonds is 15. The van der Waals surface area contributed by atoms with Crippen molar-refractivity contribution in [3.63, 3.8) is 0 Å². The lowest BCUT2D eigenvalue weighted by Crippen LogP contribution is -2.23. The fourth-order valence-electron chi connectivity index (χ4n) is 5.03. The van der Waals surface area contributed by atoms with E-state index in [0.29, 0.717) is 43.6 Å². The zero-order valence-electron chi connectivity index (χ0n) is 23.9. The molecule has 0 radical (unpaired) electrons. The molecule has 0 saturated heterocycles. The molecule has 222 valence electrons. The molecule has 3 N–H and O–H groups in total. The number of nitrogens with zero attached hydrogens (tertiary/aromatic N) is 4. The molecular weight excluding hydrogens is 552 g/mol. The van der Waals surface area contributed by atoms with E-state index < -0.39 is 16.1 Å². The smallest absolute Gasteiger partial charge is 0.328 e. The highest BCUT2D eigenvalue weighted by Crippen LogP contribution is 2.35. The minimum absolute atomic E-state index is 0.214. The second kappa shape index (κ2) is 13.9. The van der Waals surface area contributed by atoms with Crippen LogP contribution in [0.3, 0.4) is 0 Å². The molecule has 3 heterocycles. The van der Waals surface area contributed by atoms with Crippen molar-refractivity contribution in [3.8, 4) is 0 Å². The summed E-state index contributed by atoms with van der Waals surface area (Å²) in [5.74, 6) is 0.708. The molecule has 0 bridgehead atoms. The van der Waals surface area contributed by atoms with E-state index in [4.69, 9.17) is 4.52 Å². The van der Waals surface area contributed by atoms with Crippen molar-refractivity contribution in [2.24, 2.45) is 0 Å². The van der Waals surface area contributed by atoms with Gasteiger partial charge in [0, 0.05) is 48.8 Å². The molecule has 1 aliphatic rings. The van der Waals surface area contributed by atoms with Gasteiger partial charge in [0.2, 0.25) is 0 Å². The predicted molar refractivity (Wildman–Crippen MR) is 162 cm³/mol. The number of aliphatic hydroxyl groups is 1. The second-order valence-electron chi connectivity index (χ2n) is 10.6. The number of aromatic nitrogens is 3. The zero-order valence-corrected chi connectivity index (χ0v) is 24.7. The number of hydrogen-bond acceptors (Lipinski definition) is 9. The highest BCUT2D eigenvalue weighted by Gasteiger charge is 2.27. The monoisotopic (exact) mass is 590 g/mol. The van der Waals surface area contributed by atoms with Crippen LogP contribution in [0.4, 0.5) is 17.4 Å². The second-order valence-corrected chi connectivity index (χ2v) is 12.2. The topological polar surface area (TPSA) is 133 Å². The van der Waals surface area contributed by atoms with Crippen molar-refractivity contribution in [1.82, 2.24) is 20.4 Å². The largest absolute Gasteiger partial charge is 0.387 e. The van der Waals surface area contributed by atoms with Crippen molar-refractivity contribution in [2.75, 3.05) is 29.3 Å². The van der Waals surface area contributed by atoms with Crippen molar-refractivity contribution < 1.29 is 18.0 Å². The third-order valence-electron chi connectivity index (χ3n) is 7.40. The summed E-state index contributed by atoms with van der Waals surface area (Å²) in [6.45, 7) is 3.95. The van der Waals surface area contributed by atoms with E-state index in [-0.39, 0.29) is 4.90 Å². The third kappa shape index (κ3) is 7.53. The summed E-state index contributed by atoms with van der Waals surface area (Å²) in [4.78, 5) is 10.8. The van der Waals surface area contributed by atoms with Crippen molar-refractivity contribution >= 4 is 27.4 Å². The van der Waals surface area contributed by atoms with Gasteiger partial charge in [-0.1, -0.05) is 49.5 Å². The Morgan fingerprint density at radius 2 is 1.93 bits per heavy atom. The number of unbranched alkanes of at least 4 members (excludes halogenated alkanes) is 3.